The van der Waals surface area contributed by atoms with E-state index in [1.807, 2.05) is 4.57 Å². The predicted octanol–water partition coefficient (Wildman–Crippen LogP) is -0.568. The van der Waals surface area contributed by atoms with E-state index in [9.17, 15) is 0 Å². The van der Waals surface area contributed by atoms with Gasteiger partial charge in [0.2, 0.25) is 5.95 Å². The monoisotopic (exact) mass is 140 g/mol. The molecular weight excluding hydrogens is 132 g/mol. The average molecular weight is 140 g/mol. The zero-order chi connectivity index (χ0) is 6.97. The average Bonchev–Trinajstić information content (AvgIpc) is 2.12. The first-order chi connectivity index (χ1) is 4.88. The smallest absolute Gasteiger partial charge is 0.222 e. The molecule has 0 amide bonds. The number of rotatable bonds is 1. The molecule has 0 bridgehead atoms. The van der Waals surface area contributed by atoms with E-state index >= 15 is 0 Å². The summed E-state index contributed by atoms with van der Waals surface area (Å²) in [5, 5.41) is 7.31. The van der Waals surface area contributed by atoms with Crippen LogP contribution in [-0.4, -0.2) is 28.0 Å². The molecule has 10 heavy (non-hydrogen) atoms. The van der Waals surface area contributed by atoms with Gasteiger partial charge in [-0.3, -0.25) is 4.57 Å². The van der Waals surface area contributed by atoms with Gasteiger partial charge in [-0.1, -0.05) is 0 Å². The number of ether oxygens (including phenoxy) is 1. The summed E-state index contributed by atoms with van der Waals surface area (Å²) in [5.74, 6) is 0.466. The Hall–Kier alpha value is -1.10. The number of nitrogens with two attached hydrogens (primary N) is 1. The summed E-state index contributed by atoms with van der Waals surface area (Å²) in [4.78, 5) is 0. The third-order valence-corrected chi connectivity index (χ3v) is 1.61. The van der Waals surface area contributed by atoms with Crippen molar-refractivity contribution in [3.05, 3.63) is 6.33 Å². The minimum Gasteiger partial charge on any atom is -0.377 e. The molecule has 1 aromatic heterocycles. The number of nitrogen functional groups attached to an aromatic ring is 1. The second-order valence-corrected chi connectivity index (χ2v) is 2.29. The van der Waals surface area contributed by atoms with Gasteiger partial charge in [0.15, 0.2) is 0 Å². The number of hydrogen-bond donors (Lipinski definition) is 1. The summed E-state index contributed by atoms with van der Waals surface area (Å²) in [5.41, 5.74) is 5.48. The van der Waals surface area contributed by atoms with E-state index in [0.717, 1.165) is 13.2 Å². The fraction of sp³-hybridized carbons (Fsp3) is 0.600. The standard InChI is InChI=1S/C5H8N4O/c6-5-8-7-3-9(5)4-1-10-2-4/h3-4H,1-2H2,(H2,6,8). The van der Waals surface area contributed by atoms with Crippen LogP contribution in [0.4, 0.5) is 5.95 Å². The van der Waals surface area contributed by atoms with E-state index in [2.05, 4.69) is 10.2 Å². The van der Waals surface area contributed by atoms with Crippen molar-refractivity contribution in [1.82, 2.24) is 14.8 Å². The fourth-order valence-corrected chi connectivity index (χ4v) is 0.917. The minimum atomic E-state index is 0.356. The van der Waals surface area contributed by atoms with Crippen LogP contribution >= 0.6 is 0 Å². The maximum absolute atomic E-state index is 5.48. The Bertz CT molecular complexity index is 229. The van der Waals surface area contributed by atoms with Gasteiger partial charge in [0.1, 0.15) is 6.33 Å². The highest BCUT2D eigenvalue weighted by molar-refractivity contribution is 5.15. The fourth-order valence-electron chi connectivity index (χ4n) is 0.917. The van der Waals surface area contributed by atoms with Crippen LogP contribution in [-0.2, 0) is 4.74 Å². The van der Waals surface area contributed by atoms with Crippen molar-refractivity contribution < 1.29 is 4.74 Å². The second-order valence-electron chi connectivity index (χ2n) is 2.29. The largest absolute Gasteiger partial charge is 0.377 e. The van der Waals surface area contributed by atoms with Crippen molar-refractivity contribution in [3.8, 4) is 0 Å². The SMILES string of the molecule is Nc1nncn1C1COC1. The maximum Gasteiger partial charge on any atom is 0.222 e. The molecule has 54 valence electrons. The number of anilines is 1. The van der Waals surface area contributed by atoms with Crippen LogP contribution in [0, 0.1) is 0 Å². The predicted molar refractivity (Wildman–Crippen MR) is 34.3 cm³/mol. The van der Waals surface area contributed by atoms with Crippen LogP contribution in [0.2, 0.25) is 0 Å². The normalized spacial score (nSPS) is 18.8. The summed E-state index contributed by atoms with van der Waals surface area (Å²) >= 11 is 0. The minimum absolute atomic E-state index is 0.356. The Kier molecular flexibility index (Phi) is 1.10. The molecule has 1 aromatic rings. The Morgan fingerprint density at radius 3 is 2.90 bits per heavy atom. The molecule has 0 atom stereocenters. The van der Waals surface area contributed by atoms with Crippen LogP contribution in [0.15, 0.2) is 6.33 Å². The Balaban J connectivity index is 2.23. The van der Waals surface area contributed by atoms with Gasteiger partial charge < -0.3 is 10.5 Å². The van der Waals surface area contributed by atoms with Gasteiger partial charge >= 0.3 is 0 Å². The molecule has 1 aliphatic heterocycles. The lowest BCUT2D eigenvalue weighted by molar-refractivity contribution is -0.0225. The lowest BCUT2D eigenvalue weighted by atomic mass is 10.2. The van der Waals surface area contributed by atoms with Crippen molar-refractivity contribution in [2.24, 2.45) is 0 Å². The summed E-state index contributed by atoms with van der Waals surface area (Å²) in [6.45, 7) is 1.45. The molecule has 0 spiro atoms. The first kappa shape index (κ1) is 5.67. The van der Waals surface area contributed by atoms with Gasteiger partial charge in [-0.25, -0.2) is 0 Å². The second kappa shape index (κ2) is 1.95. The molecule has 5 heteroatoms. The maximum atomic E-state index is 5.48. The lowest BCUT2D eigenvalue weighted by Crippen LogP contribution is -2.30. The van der Waals surface area contributed by atoms with Crippen molar-refractivity contribution in [2.75, 3.05) is 18.9 Å². The topological polar surface area (TPSA) is 66.0 Å². The highest BCUT2D eigenvalue weighted by Gasteiger charge is 2.21. The van der Waals surface area contributed by atoms with Gasteiger partial charge in [0.25, 0.3) is 0 Å². The Morgan fingerprint density at radius 1 is 1.70 bits per heavy atom. The zero-order valence-corrected chi connectivity index (χ0v) is 5.40. The molecular formula is C5H8N4O. The summed E-state index contributed by atoms with van der Waals surface area (Å²) < 4.78 is 6.80. The lowest BCUT2D eigenvalue weighted by Gasteiger charge is -2.26. The molecule has 0 aliphatic carbocycles. The molecule has 0 unspecified atom stereocenters. The van der Waals surface area contributed by atoms with Crippen molar-refractivity contribution in [2.45, 2.75) is 6.04 Å². The van der Waals surface area contributed by atoms with E-state index in [0.29, 0.717) is 12.0 Å². The van der Waals surface area contributed by atoms with Crippen molar-refractivity contribution in [3.63, 3.8) is 0 Å². The first-order valence-electron chi connectivity index (χ1n) is 3.10. The molecule has 2 N–H and O–H groups in total. The van der Waals surface area contributed by atoms with Gasteiger partial charge in [-0.2, -0.15) is 0 Å². The molecule has 5 nitrogen and oxygen atoms in total. The molecule has 0 radical (unpaired) electrons. The van der Waals surface area contributed by atoms with Gasteiger partial charge in [-0.15, -0.1) is 10.2 Å². The van der Waals surface area contributed by atoms with Gasteiger partial charge in [0, 0.05) is 0 Å². The number of aromatic nitrogens is 3. The summed E-state index contributed by atoms with van der Waals surface area (Å²) in [6, 6.07) is 0.356. The Labute approximate surface area is 57.8 Å². The zero-order valence-electron chi connectivity index (χ0n) is 5.40. The van der Waals surface area contributed by atoms with E-state index in [1.54, 1.807) is 6.33 Å². The number of nitrogens with zero attached hydrogens (tertiary/aromatic N) is 3. The van der Waals surface area contributed by atoms with E-state index in [-0.39, 0.29) is 0 Å². The number of hydrogen-bond acceptors (Lipinski definition) is 4. The quantitative estimate of drug-likeness (QED) is 0.567. The Morgan fingerprint density at radius 2 is 2.50 bits per heavy atom. The molecule has 0 saturated carbocycles. The van der Waals surface area contributed by atoms with Crippen LogP contribution in [0.3, 0.4) is 0 Å². The third kappa shape index (κ3) is 0.672. The highest BCUT2D eigenvalue weighted by Crippen LogP contribution is 2.18. The van der Waals surface area contributed by atoms with Crippen molar-refractivity contribution >= 4 is 5.95 Å². The molecule has 2 heterocycles. The van der Waals surface area contributed by atoms with Crippen LogP contribution in [0.1, 0.15) is 6.04 Å². The van der Waals surface area contributed by atoms with E-state index in [1.165, 1.54) is 0 Å². The summed E-state index contributed by atoms with van der Waals surface area (Å²) in [6.07, 6.45) is 1.63. The van der Waals surface area contributed by atoms with Crippen LogP contribution in [0.25, 0.3) is 0 Å². The van der Waals surface area contributed by atoms with E-state index in [4.69, 9.17) is 10.5 Å². The molecule has 1 saturated heterocycles. The molecule has 1 aliphatic rings. The van der Waals surface area contributed by atoms with Crippen LogP contribution < -0.4 is 5.73 Å². The van der Waals surface area contributed by atoms with Gasteiger partial charge in [0.05, 0.1) is 19.3 Å². The van der Waals surface area contributed by atoms with Crippen molar-refractivity contribution in [1.29, 1.82) is 0 Å². The van der Waals surface area contributed by atoms with Gasteiger partial charge in [-0.05, 0) is 0 Å². The van der Waals surface area contributed by atoms with E-state index < -0.39 is 0 Å². The summed E-state index contributed by atoms with van der Waals surface area (Å²) in [7, 11) is 0. The molecule has 0 aromatic carbocycles. The molecule has 2 rings (SSSR count). The highest BCUT2D eigenvalue weighted by atomic mass is 16.5. The molecule has 1 fully saturated rings. The van der Waals surface area contributed by atoms with Crippen LogP contribution in [0.5, 0.6) is 0 Å². The third-order valence-electron chi connectivity index (χ3n) is 1.61. The first-order valence-corrected chi connectivity index (χ1v) is 3.10.